The summed E-state index contributed by atoms with van der Waals surface area (Å²) >= 11 is 5.80. The Hall–Kier alpha value is -0.740. The van der Waals surface area contributed by atoms with E-state index >= 15 is 0 Å². The van der Waals surface area contributed by atoms with Gasteiger partial charge in [-0.1, -0.05) is 32.4 Å². The van der Waals surface area contributed by atoms with E-state index in [2.05, 4.69) is 6.92 Å². The van der Waals surface area contributed by atoms with Gasteiger partial charge in [0.05, 0.1) is 5.56 Å². The van der Waals surface area contributed by atoms with Crippen molar-refractivity contribution in [2.75, 3.05) is 13.1 Å². The minimum absolute atomic E-state index is 0.268. The summed E-state index contributed by atoms with van der Waals surface area (Å²) in [7, 11) is 0. The summed E-state index contributed by atoms with van der Waals surface area (Å²) in [6, 6.07) is 3.78. The van der Waals surface area contributed by atoms with E-state index in [-0.39, 0.29) is 5.56 Å². The van der Waals surface area contributed by atoms with Crippen LogP contribution in [0, 0.1) is 5.92 Å². The summed E-state index contributed by atoms with van der Waals surface area (Å²) in [5.74, 6) is 0.554. The molecule has 1 aliphatic heterocycles. The van der Waals surface area contributed by atoms with Crippen molar-refractivity contribution in [3.63, 3.8) is 0 Å². The predicted octanol–water partition coefficient (Wildman–Crippen LogP) is 5.23. The molecule has 114 valence electrons. The molecular weight excluding hydrogens is 287 g/mol. The topological polar surface area (TPSA) is 3.24 Å². The lowest BCUT2D eigenvalue weighted by atomic mass is 10.1. The van der Waals surface area contributed by atoms with Crippen LogP contribution in [0.3, 0.4) is 0 Å². The fourth-order valence-electron chi connectivity index (χ4n) is 2.38. The average molecular weight is 308 g/mol. The maximum atomic E-state index is 12.9. The van der Waals surface area contributed by atoms with Crippen LogP contribution in [-0.2, 0) is 12.7 Å². The first-order valence-corrected chi connectivity index (χ1v) is 7.32. The van der Waals surface area contributed by atoms with Crippen LogP contribution in [0.4, 0.5) is 13.2 Å². The molecule has 0 N–H and O–H groups in total. The summed E-state index contributed by atoms with van der Waals surface area (Å²) in [4.78, 5) is 2.05. The maximum absolute atomic E-state index is 12.9. The van der Waals surface area contributed by atoms with Crippen LogP contribution < -0.4 is 0 Å². The maximum Gasteiger partial charge on any atom is 0.416 e. The Morgan fingerprint density at radius 2 is 1.95 bits per heavy atom. The number of alkyl halides is 3. The fraction of sp³-hybridized carbons (Fsp3) is 0.600. The molecule has 5 heteroatoms. The van der Waals surface area contributed by atoms with Crippen molar-refractivity contribution in [3.05, 3.63) is 34.3 Å². The van der Waals surface area contributed by atoms with Gasteiger partial charge in [0.25, 0.3) is 0 Å². The van der Waals surface area contributed by atoms with Gasteiger partial charge in [0.2, 0.25) is 0 Å². The molecule has 2 rings (SSSR count). The Kier molecular flexibility index (Phi) is 6.34. The third-order valence-corrected chi connectivity index (χ3v) is 3.51. The summed E-state index contributed by atoms with van der Waals surface area (Å²) < 4.78 is 38.6. The van der Waals surface area contributed by atoms with Crippen LogP contribution in [-0.4, -0.2) is 18.0 Å². The Labute approximate surface area is 123 Å². The van der Waals surface area contributed by atoms with Gasteiger partial charge in [-0.15, -0.1) is 0 Å². The van der Waals surface area contributed by atoms with Crippen molar-refractivity contribution < 1.29 is 13.2 Å². The minimum Gasteiger partial charge on any atom is -0.299 e. The number of benzene rings is 1. The first-order valence-electron chi connectivity index (χ1n) is 6.94. The molecule has 1 fully saturated rings. The Morgan fingerprint density at radius 3 is 2.45 bits per heavy atom. The van der Waals surface area contributed by atoms with Crippen molar-refractivity contribution in [2.45, 2.75) is 39.9 Å². The lowest BCUT2D eigenvalue weighted by molar-refractivity contribution is -0.138. The van der Waals surface area contributed by atoms with Crippen LogP contribution in [0.25, 0.3) is 0 Å². The quantitative estimate of drug-likeness (QED) is 0.723. The largest absolute Gasteiger partial charge is 0.416 e. The standard InChI is InChI=1S/C13H15ClF3N.C2H6/c1-9-4-5-18(7-9)8-10-6-11(14)2-3-12(10)13(15,16)17;1-2/h2-3,6,9H,4-5,7-8H2,1H3;1-2H3. The molecule has 0 radical (unpaired) electrons. The van der Waals surface area contributed by atoms with E-state index in [1.165, 1.54) is 12.1 Å². The van der Waals surface area contributed by atoms with Crippen molar-refractivity contribution in [1.82, 2.24) is 4.90 Å². The van der Waals surface area contributed by atoms with E-state index < -0.39 is 11.7 Å². The number of likely N-dealkylation sites (tertiary alicyclic amines) is 1. The lowest BCUT2D eigenvalue weighted by Gasteiger charge is -2.19. The predicted molar refractivity (Wildman–Crippen MR) is 76.9 cm³/mol. The highest BCUT2D eigenvalue weighted by Crippen LogP contribution is 2.34. The van der Waals surface area contributed by atoms with Gasteiger partial charge in [-0.3, -0.25) is 4.90 Å². The van der Waals surface area contributed by atoms with Crippen LogP contribution in [0.2, 0.25) is 5.02 Å². The zero-order valence-electron chi connectivity index (χ0n) is 12.1. The van der Waals surface area contributed by atoms with E-state index in [1.807, 2.05) is 18.7 Å². The van der Waals surface area contributed by atoms with Gasteiger partial charge >= 0.3 is 6.18 Å². The minimum atomic E-state index is -4.31. The molecule has 1 heterocycles. The first-order chi connectivity index (χ1) is 9.36. The van der Waals surface area contributed by atoms with Gasteiger partial charge in [0.1, 0.15) is 0 Å². The average Bonchev–Trinajstić information content (AvgIpc) is 2.76. The summed E-state index contributed by atoms with van der Waals surface area (Å²) in [5, 5.41) is 0.352. The number of hydrogen-bond acceptors (Lipinski definition) is 1. The molecule has 1 nitrogen and oxygen atoms in total. The van der Waals surface area contributed by atoms with Gasteiger partial charge in [0, 0.05) is 18.1 Å². The van der Waals surface area contributed by atoms with Crippen LogP contribution in [0.15, 0.2) is 18.2 Å². The highest BCUT2D eigenvalue weighted by molar-refractivity contribution is 6.30. The molecule has 1 aromatic carbocycles. The normalized spacial score (nSPS) is 19.6. The van der Waals surface area contributed by atoms with Crippen LogP contribution in [0.1, 0.15) is 38.3 Å². The van der Waals surface area contributed by atoms with E-state index in [9.17, 15) is 13.2 Å². The van der Waals surface area contributed by atoms with Crippen molar-refractivity contribution in [3.8, 4) is 0 Å². The Bertz CT molecular complexity index is 432. The summed E-state index contributed by atoms with van der Waals surface area (Å²) in [6.45, 7) is 8.14. The zero-order valence-corrected chi connectivity index (χ0v) is 12.9. The number of hydrogen-bond donors (Lipinski definition) is 0. The highest BCUT2D eigenvalue weighted by atomic mass is 35.5. The molecule has 0 saturated carbocycles. The van der Waals surface area contributed by atoms with Gasteiger partial charge in [-0.05, 0) is 42.6 Å². The lowest BCUT2D eigenvalue weighted by Crippen LogP contribution is -2.22. The summed E-state index contributed by atoms with van der Waals surface area (Å²) in [6.07, 6.45) is -3.27. The Morgan fingerprint density at radius 1 is 1.30 bits per heavy atom. The van der Waals surface area contributed by atoms with Crippen molar-refractivity contribution in [1.29, 1.82) is 0 Å². The van der Waals surface area contributed by atoms with E-state index in [4.69, 9.17) is 11.6 Å². The molecule has 0 spiro atoms. The van der Waals surface area contributed by atoms with E-state index in [0.717, 1.165) is 25.6 Å². The molecule has 0 amide bonds. The van der Waals surface area contributed by atoms with Gasteiger partial charge in [0.15, 0.2) is 0 Å². The number of nitrogens with zero attached hydrogens (tertiary/aromatic N) is 1. The second-order valence-corrected chi connectivity index (χ2v) is 5.36. The second kappa shape index (κ2) is 7.32. The molecule has 20 heavy (non-hydrogen) atoms. The smallest absolute Gasteiger partial charge is 0.299 e. The molecule has 1 aliphatic rings. The monoisotopic (exact) mass is 307 g/mol. The van der Waals surface area contributed by atoms with Crippen molar-refractivity contribution >= 4 is 11.6 Å². The molecule has 0 bridgehead atoms. The van der Waals surface area contributed by atoms with Gasteiger partial charge in [-0.25, -0.2) is 0 Å². The molecule has 1 saturated heterocycles. The van der Waals surface area contributed by atoms with E-state index in [1.54, 1.807) is 0 Å². The van der Waals surface area contributed by atoms with Crippen molar-refractivity contribution in [2.24, 2.45) is 5.92 Å². The van der Waals surface area contributed by atoms with Gasteiger partial charge in [-0.2, -0.15) is 13.2 Å². The molecule has 1 aromatic rings. The van der Waals surface area contributed by atoms with Gasteiger partial charge < -0.3 is 0 Å². The molecule has 0 aromatic heterocycles. The first kappa shape index (κ1) is 17.3. The summed E-state index contributed by atoms with van der Waals surface area (Å²) in [5.41, 5.74) is -0.310. The highest BCUT2D eigenvalue weighted by Gasteiger charge is 2.34. The zero-order chi connectivity index (χ0) is 15.3. The van der Waals surface area contributed by atoms with Crippen LogP contribution in [0.5, 0.6) is 0 Å². The Balaban J connectivity index is 0.000000956. The van der Waals surface area contributed by atoms with Crippen LogP contribution >= 0.6 is 11.6 Å². The molecular formula is C15H21ClF3N. The number of halogens is 4. The molecule has 1 atom stereocenters. The third-order valence-electron chi connectivity index (χ3n) is 3.27. The SMILES string of the molecule is CC.CC1CCN(Cc2cc(Cl)ccc2C(F)(F)F)C1. The molecule has 1 unspecified atom stereocenters. The third kappa shape index (κ3) is 4.67. The molecule has 0 aliphatic carbocycles. The number of rotatable bonds is 2. The fourth-order valence-corrected chi connectivity index (χ4v) is 2.58. The van der Waals surface area contributed by atoms with E-state index in [0.29, 0.717) is 17.5 Å². The second-order valence-electron chi connectivity index (χ2n) is 4.93.